The van der Waals surface area contributed by atoms with Crippen LogP contribution in [0.25, 0.3) is 0 Å². The van der Waals surface area contributed by atoms with E-state index in [1.54, 1.807) is 6.20 Å². The summed E-state index contributed by atoms with van der Waals surface area (Å²) in [6.07, 6.45) is 1.73. The van der Waals surface area contributed by atoms with Gasteiger partial charge in [-0.1, -0.05) is 33.0 Å². The van der Waals surface area contributed by atoms with E-state index in [1.165, 1.54) is 0 Å². The van der Waals surface area contributed by atoms with Crippen LogP contribution in [0.15, 0.2) is 18.3 Å². The Balaban J connectivity index is 3.01. The third kappa shape index (κ3) is 2.49. The minimum absolute atomic E-state index is 0.0781. The molecule has 13 heavy (non-hydrogen) atoms. The van der Waals surface area contributed by atoms with Crippen molar-refractivity contribution in [1.82, 2.24) is 4.98 Å². The standard InChI is InChI=1S/C10H14N2S/c1-10(2,3)8-5-4-7(6-12-8)9(11)13/h4-6H,1-3H3,(H2,11,13). The van der Waals surface area contributed by atoms with E-state index in [-0.39, 0.29) is 5.41 Å². The molecule has 1 aromatic heterocycles. The number of hydrogen-bond donors (Lipinski definition) is 1. The quantitative estimate of drug-likeness (QED) is 0.695. The van der Waals surface area contributed by atoms with Crippen LogP contribution in [-0.2, 0) is 5.41 Å². The number of nitrogens with two attached hydrogens (primary N) is 1. The second-order valence-electron chi connectivity index (χ2n) is 4.05. The van der Waals surface area contributed by atoms with Crippen LogP contribution < -0.4 is 5.73 Å². The van der Waals surface area contributed by atoms with E-state index in [0.29, 0.717) is 4.99 Å². The van der Waals surface area contributed by atoms with Gasteiger partial charge < -0.3 is 5.73 Å². The van der Waals surface area contributed by atoms with E-state index in [1.807, 2.05) is 12.1 Å². The van der Waals surface area contributed by atoms with Crippen molar-refractivity contribution in [3.8, 4) is 0 Å². The second kappa shape index (κ2) is 3.42. The number of rotatable bonds is 1. The molecule has 0 radical (unpaired) electrons. The van der Waals surface area contributed by atoms with E-state index < -0.39 is 0 Å². The molecule has 3 heteroatoms. The van der Waals surface area contributed by atoms with Gasteiger partial charge in [-0.2, -0.15) is 0 Å². The fourth-order valence-electron chi connectivity index (χ4n) is 0.983. The molecule has 0 aromatic carbocycles. The lowest BCUT2D eigenvalue weighted by Gasteiger charge is -2.17. The normalized spacial score (nSPS) is 11.3. The first kappa shape index (κ1) is 10.1. The van der Waals surface area contributed by atoms with Gasteiger partial charge in [-0.15, -0.1) is 0 Å². The fourth-order valence-corrected chi connectivity index (χ4v) is 1.10. The van der Waals surface area contributed by atoms with Crippen molar-refractivity contribution < 1.29 is 0 Å². The third-order valence-corrected chi connectivity index (χ3v) is 2.05. The maximum Gasteiger partial charge on any atom is 0.105 e. The van der Waals surface area contributed by atoms with Crippen LogP contribution in [0.4, 0.5) is 0 Å². The molecule has 0 unspecified atom stereocenters. The van der Waals surface area contributed by atoms with Gasteiger partial charge in [0.1, 0.15) is 4.99 Å². The Morgan fingerprint density at radius 3 is 2.31 bits per heavy atom. The lowest BCUT2D eigenvalue weighted by molar-refractivity contribution is 0.569. The Morgan fingerprint density at radius 1 is 1.38 bits per heavy atom. The summed E-state index contributed by atoms with van der Waals surface area (Å²) in [7, 11) is 0. The molecule has 2 N–H and O–H groups in total. The molecule has 0 bridgehead atoms. The smallest absolute Gasteiger partial charge is 0.105 e. The molecule has 0 aliphatic heterocycles. The molecule has 0 amide bonds. The molecule has 0 saturated heterocycles. The summed E-state index contributed by atoms with van der Waals surface area (Å²) >= 11 is 4.84. The molecule has 1 rings (SSSR count). The number of hydrogen-bond acceptors (Lipinski definition) is 2. The SMILES string of the molecule is CC(C)(C)c1ccc(C(N)=S)cn1. The molecular formula is C10H14N2S. The largest absolute Gasteiger partial charge is 0.389 e. The Morgan fingerprint density at radius 2 is 2.00 bits per heavy atom. The zero-order chi connectivity index (χ0) is 10.1. The number of aromatic nitrogens is 1. The average molecular weight is 194 g/mol. The van der Waals surface area contributed by atoms with E-state index in [4.69, 9.17) is 18.0 Å². The average Bonchev–Trinajstić information content (AvgIpc) is 2.03. The van der Waals surface area contributed by atoms with E-state index in [9.17, 15) is 0 Å². The number of pyridine rings is 1. The van der Waals surface area contributed by atoms with Crippen LogP contribution in [0, 0.1) is 0 Å². The monoisotopic (exact) mass is 194 g/mol. The number of thiocarbonyl (C=S) groups is 1. The maximum absolute atomic E-state index is 5.46. The van der Waals surface area contributed by atoms with Gasteiger partial charge in [0.2, 0.25) is 0 Å². The minimum atomic E-state index is 0.0781. The summed E-state index contributed by atoms with van der Waals surface area (Å²) < 4.78 is 0. The first-order valence-electron chi connectivity index (χ1n) is 4.17. The predicted molar refractivity (Wildman–Crippen MR) is 58.8 cm³/mol. The molecule has 1 aromatic rings. The van der Waals surface area contributed by atoms with E-state index >= 15 is 0 Å². The van der Waals surface area contributed by atoms with Crippen LogP contribution in [0.2, 0.25) is 0 Å². The molecule has 1 heterocycles. The highest BCUT2D eigenvalue weighted by Crippen LogP contribution is 2.19. The van der Waals surface area contributed by atoms with Crippen molar-refractivity contribution in [2.75, 3.05) is 0 Å². The molecule has 0 atom stereocenters. The van der Waals surface area contributed by atoms with Gasteiger partial charge in [-0.3, -0.25) is 4.98 Å². The first-order chi connectivity index (χ1) is 5.91. The lowest BCUT2D eigenvalue weighted by Crippen LogP contribution is -2.15. The molecule has 70 valence electrons. The lowest BCUT2D eigenvalue weighted by atomic mass is 9.91. The zero-order valence-corrected chi connectivity index (χ0v) is 8.98. The van der Waals surface area contributed by atoms with Crippen molar-refractivity contribution in [1.29, 1.82) is 0 Å². The molecule has 0 spiro atoms. The number of nitrogens with zero attached hydrogens (tertiary/aromatic N) is 1. The molecule has 0 fully saturated rings. The van der Waals surface area contributed by atoms with E-state index in [2.05, 4.69) is 25.8 Å². The Bertz CT molecular complexity index is 309. The van der Waals surface area contributed by atoms with Crippen LogP contribution in [0.1, 0.15) is 32.0 Å². The highest BCUT2D eigenvalue weighted by atomic mass is 32.1. The summed E-state index contributed by atoms with van der Waals surface area (Å²) in [6, 6.07) is 3.88. The van der Waals surface area contributed by atoms with Crippen molar-refractivity contribution >= 4 is 17.2 Å². The van der Waals surface area contributed by atoms with Crippen LogP contribution >= 0.6 is 12.2 Å². The van der Waals surface area contributed by atoms with Gasteiger partial charge in [-0.25, -0.2) is 0 Å². The molecule has 0 aliphatic carbocycles. The van der Waals surface area contributed by atoms with Gasteiger partial charge in [0, 0.05) is 22.9 Å². The van der Waals surface area contributed by atoms with Gasteiger partial charge in [0.15, 0.2) is 0 Å². The van der Waals surface area contributed by atoms with E-state index in [0.717, 1.165) is 11.3 Å². The summed E-state index contributed by atoms with van der Waals surface area (Å²) in [5.41, 5.74) is 7.41. The Labute approximate surface area is 84.2 Å². The first-order valence-corrected chi connectivity index (χ1v) is 4.58. The highest BCUT2D eigenvalue weighted by Gasteiger charge is 2.14. The summed E-state index contributed by atoms with van der Waals surface area (Å²) in [6.45, 7) is 6.36. The van der Waals surface area contributed by atoms with Crippen LogP contribution in [0.3, 0.4) is 0 Å². The second-order valence-corrected chi connectivity index (χ2v) is 4.49. The van der Waals surface area contributed by atoms with Crippen LogP contribution in [0.5, 0.6) is 0 Å². The fraction of sp³-hybridized carbons (Fsp3) is 0.400. The molecule has 2 nitrogen and oxygen atoms in total. The van der Waals surface area contributed by atoms with Crippen LogP contribution in [-0.4, -0.2) is 9.97 Å². The van der Waals surface area contributed by atoms with Crippen molar-refractivity contribution in [2.45, 2.75) is 26.2 Å². The minimum Gasteiger partial charge on any atom is -0.389 e. The summed E-state index contributed by atoms with van der Waals surface area (Å²) in [4.78, 5) is 4.70. The van der Waals surface area contributed by atoms with Crippen molar-refractivity contribution in [2.24, 2.45) is 5.73 Å². The topological polar surface area (TPSA) is 38.9 Å². The van der Waals surface area contributed by atoms with Gasteiger partial charge in [0.05, 0.1) is 0 Å². The van der Waals surface area contributed by atoms with Gasteiger partial charge in [0.25, 0.3) is 0 Å². The highest BCUT2D eigenvalue weighted by molar-refractivity contribution is 7.80. The van der Waals surface area contributed by atoms with Gasteiger partial charge in [-0.05, 0) is 12.1 Å². The summed E-state index contributed by atoms with van der Waals surface area (Å²) in [5.74, 6) is 0. The Hall–Kier alpha value is -0.960. The zero-order valence-electron chi connectivity index (χ0n) is 8.16. The summed E-state index contributed by atoms with van der Waals surface area (Å²) in [5, 5.41) is 0. The Kier molecular flexibility index (Phi) is 2.66. The third-order valence-electron chi connectivity index (χ3n) is 1.82. The predicted octanol–water partition coefficient (Wildman–Crippen LogP) is 2.01. The van der Waals surface area contributed by atoms with Crippen molar-refractivity contribution in [3.05, 3.63) is 29.6 Å². The molecule has 0 aliphatic rings. The van der Waals surface area contributed by atoms with Gasteiger partial charge >= 0.3 is 0 Å². The van der Waals surface area contributed by atoms with Crippen molar-refractivity contribution in [3.63, 3.8) is 0 Å². The maximum atomic E-state index is 5.46. The molecule has 0 saturated carbocycles. The molecular weight excluding hydrogens is 180 g/mol.